The Labute approximate surface area is 138 Å². The van der Waals surface area contributed by atoms with Crippen molar-refractivity contribution in [3.63, 3.8) is 0 Å². The van der Waals surface area contributed by atoms with Gasteiger partial charge in [0, 0.05) is 12.1 Å². The quantitative estimate of drug-likeness (QED) is 0.826. The fourth-order valence-corrected chi connectivity index (χ4v) is 2.94. The molecule has 0 spiro atoms. The van der Waals surface area contributed by atoms with Gasteiger partial charge in [-0.2, -0.15) is 13.2 Å². The number of nitrogens with zero attached hydrogens (tertiary/aromatic N) is 2. The van der Waals surface area contributed by atoms with Gasteiger partial charge in [0.2, 0.25) is 0 Å². The van der Waals surface area contributed by atoms with Crippen LogP contribution in [0.3, 0.4) is 0 Å². The van der Waals surface area contributed by atoms with Gasteiger partial charge in [-0.3, -0.25) is 0 Å². The highest BCUT2D eigenvalue weighted by molar-refractivity contribution is 5.63. The normalized spacial score (nSPS) is 16.0. The van der Waals surface area contributed by atoms with Crippen LogP contribution >= 0.6 is 0 Å². The maximum atomic E-state index is 13.1. The molecule has 0 unspecified atom stereocenters. The maximum absolute atomic E-state index is 13.1. The van der Waals surface area contributed by atoms with Crippen LogP contribution in [0.4, 0.5) is 30.5 Å². The van der Waals surface area contributed by atoms with E-state index in [4.69, 9.17) is 0 Å². The summed E-state index contributed by atoms with van der Waals surface area (Å²) in [6.45, 7) is 0. The van der Waals surface area contributed by atoms with E-state index in [9.17, 15) is 13.2 Å². The molecule has 2 aromatic rings. The molecule has 2 N–H and O–H groups in total. The number of benzene rings is 1. The highest BCUT2D eigenvalue weighted by atomic mass is 19.4. The minimum atomic E-state index is -4.42. The van der Waals surface area contributed by atoms with Gasteiger partial charge in [0.05, 0.1) is 11.3 Å². The van der Waals surface area contributed by atoms with Gasteiger partial charge in [0.15, 0.2) is 0 Å². The van der Waals surface area contributed by atoms with E-state index in [0.717, 1.165) is 18.9 Å². The first-order valence-electron chi connectivity index (χ1n) is 8.04. The number of hydrogen-bond acceptors (Lipinski definition) is 4. The molecule has 3 rings (SSSR count). The highest BCUT2D eigenvalue weighted by Gasteiger charge is 2.33. The molecule has 0 radical (unpaired) electrons. The summed E-state index contributed by atoms with van der Waals surface area (Å²) < 4.78 is 39.2. The first kappa shape index (κ1) is 16.5. The van der Waals surface area contributed by atoms with E-state index in [1.165, 1.54) is 37.7 Å². The van der Waals surface area contributed by atoms with Crippen molar-refractivity contribution in [1.82, 2.24) is 9.97 Å². The van der Waals surface area contributed by atoms with Crippen LogP contribution in [0, 0.1) is 0 Å². The molecule has 0 amide bonds. The van der Waals surface area contributed by atoms with Crippen molar-refractivity contribution < 1.29 is 13.2 Å². The molecular weight excluding hydrogens is 317 g/mol. The van der Waals surface area contributed by atoms with E-state index >= 15 is 0 Å². The van der Waals surface area contributed by atoms with Gasteiger partial charge >= 0.3 is 6.18 Å². The van der Waals surface area contributed by atoms with E-state index in [2.05, 4.69) is 20.6 Å². The molecule has 128 valence electrons. The van der Waals surface area contributed by atoms with Gasteiger partial charge in [-0.25, -0.2) is 9.97 Å². The Balaban J connectivity index is 1.75. The average molecular weight is 336 g/mol. The van der Waals surface area contributed by atoms with Gasteiger partial charge in [0.25, 0.3) is 0 Å². The van der Waals surface area contributed by atoms with E-state index in [0.29, 0.717) is 17.7 Å². The summed E-state index contributed by atoms with van der Waals surface area (Å²) in [5.41, 5.74) is -0.738. The fourth-order valence-electron chi connectivity index (χ4n) is 2.94. The third kappa shape index (κ3) is 4.15. The number of anilines is 3. The summed E-state index contributed by atoms with van der Waals surface area (Å²) in [5.74, 6) is 0.962. The minimum Gasteiger partial charge on any atom is -0.367 e. The molecule has 0 aliphatic heterocycles. The van der Waals surface area contributed by atoms with Gasteiger partial charge in [-0.05, 0) is 25.0 Å². The number of aromatic nitrogens is 2. The lowest BCUT2D eigenvalue weighted by Gasteiger charge is -2.23. The third-order valence-corrected chi connectivity index (χ3v) is 4.12. The van der Waals surface area contributed by atoms with Crippen LogP contribution in [0.2, 0.25) is 0 Å². The summed E-state index contributed by atoms with van der Waals surface area (Å²) >= 11 is 0. The van der Waals surface area contributed by atoms with Crippen molar-refractivity contribution in [2.45, 2.75) is 44.3 Å². The average Bonchev–Trinajstić information content (AvgIpc) is 2.56. The summed E-state index contributed by atoms with van der Waals surface area (Å²) in [5, 5.41) is 6.08. The molecule has 0 saturated heterocycles. The Kier molecular flexibility index (Phi) is 4.87. The zero-order chi connectivity index (χ0) is 17.0. The topological polar surface area (TPSA) is 49.8 Å². The Morgan fingerprint density at radius 2 is 1.67 bits per heavy atom. The zero-order valence-electron chi connectivity index (χ0n) is 13.1. The monoisotopic (exact) mass is 336 g/mol. The third-order valence-electron chi connectivity index (χ3n) is 4.12. The minimum absolute atomic E-state index is 0.0210. The second-order valence-electron chi connectivity index (χ2n) is 5.94. The van der Waals surface area contributed by atoms with E-state index < -0.39 is 11.7 Å². The van der Waals surface area contributed by atoms with Crippen molar-refractivity contribution in [3.8, 4) is 0 Å². The second kappa shape index (κ2) is 7.07. The molecule has 0 bridgehead atoms. The molecule has 1 saturated carbocycles. The first-order valence-corrected chi connectivity index (χ1v) is 8.04. The van der Waals surface area contributed by atoms with Crippen LogP contribution in [0.25, 0.3) is 0 Å². The summed E-state index contributed by atoms with van der Waals surface area (Å²) in [4.78, 5) is 8.18. The van der Waals surface area contributed by atoms with Gasteiger partial charge in [-0.1, -0.05) is 31.4 Å². The Hall–Kier alpha value is -2.31. The molecule has 24 heavy (non-hydrogen) atoms. The molecule has 1 aliphatic carbocycles. The lowest BCUT2D eigenvalue weighted by atomic mass is 9.95. The summed E-state index contributed by atoms with van der Waals surface area (Å²) in [6, 6.07) is 7.36. The van der Waals surface area contributed by atoms with Crippen LogP contribution in [-0.4, -0.2) is 16.0 Å². The second-order valence-corrected chi connectivity index (χ2v) is 5.94. The zero-order valence-corrected chi connectivity index (χ0v) is 13.1. The predicted molar refractivity (Wildman–Crippen MR) is 87.3 cm³/mol. The Bertz CT molecular complexity index is 682. The van der Waals surface area contributed by atoms with Crippen LogP contribution in [0.15, 0.2) is 36.7 Å². The number of nitrogens with one attached hydrogen (secondary N) is 2. The molecule has 1 aliphatic rings. The van der Waals surface area contributed by atoms with Crippen LogP contribution in [0.1, 0.15) is 37.7 Å². The number of hydrogen-bond donors (Lipinski definition) is 2. The highest BCUT2D eigenvalue weighted by Crippen LogP contribution is 2.35. The lowest BCUT2D eigenvalue weighted by molar-refractivity contribution is -0.136. The molecule has 1 heterocycles. The molecular formula is C17H19F3N4. The van der Waals surface area contributed by atoms with Gasteiger partial charge in [0.1, 0.15) is 18.0 Å². The van der Waals surface area contributed by atoms with Crippen molar-refractivity contribution in [2.24, 2.45) is 0 Å². The van der Waals surface area contributed by atoms with E-state index in [1.807, 2.05) is 0 Å². The van der Waals surface area contributed by atoms with E-state index in [1.54, 1.807) is 12.1 Å². The van der Waals surface area contributed by atoms with E-state index in [-0.39, 0.29) is 5.69 Å². The van der Waals surface area contributed by atoms with Crippen LogP contribution in [-0.2, 0) is 6.18 Å². The molecule has 0 atom stereocenters. The number of para-hydroxylation sites is 1. The number of halogens is 3. The van der Waals surface area contributed by atoms with Gasteiger partial charge < -0.3 is 10.6 Å². The van der Waals surface area contributed by atoms with Crippen molar-refractivity contribution >= 4 is 17.3 Å². The van der Waals surface area contributed by atoms with Gasteiger partial charge in [-0.15, -0.1) is 0 Å². The lowest BCUT2D eigenvalue weighted by Crippen LogP contribution is -2.22. The maximum Gasteiger partial charge on any atom is 0.418 e. The smallest absolute Gasteiger partial charge is 0.367 e. The molecule has 4 nitrogen and oxygen atoms in total. The molecule has 7 heteroatoms. The standard InChI is InChI=1S/C17H19F3N4/c18-17(19,20)13-8-4-5-9-14(13)24-16-10-15(21-11-22-16)23-12-6-2-1-3-7-12/h4-5,8-12H,1-3,6-7H2,(H2,21,22,23,24). The fraction of sp³-hybridized carbons (Fsp3) is 0.412. The molecule has 1 aromatic carbocycles. The molecule has 1 fully saturated rings. The van der Waals surface area contributed by atoms with Crippen molar-refractivity contribution in [3.05, 3.63) is 42.2 Å². The first-order chi connectivity index (χ1) is 11.5. The predicted octanol–water partition coefficient (Wildman–Crippen LogP) is 4.98. The molecule has 1 aromatic heterocycles. The Morgan fingerprint density at radius 3 is 2.42 bits per heavy atom. The largest absolute Gasteiger partial charge is 0.418 e. The number of alkyl halides is 3. The summed E-state index contributed by atoms with van der Waals surface area (Å²) in [6.07, 6.45) is 2.74. The van der Waals surface area contributed by atoms with Crippen molar-refractivity contribution in [1.29, 1.82) is 0 Å². The number of rotatable bonds is 4. The van der Waals surface area contributed by atoms with Crippen LogP contribution < -0.4 is 10.6 Å². The Morgan fingerprint density at radius 1 is 0.958 bits per heavy atom. The van der Waals surface area contributed by atoms with Crippen molar-refractivity contribution in [2.75, 3.05) is 10.6 Å². The summed E-state index contributed by atoms with van der Waals surface area (Å²) in [7, 11) is 0. The SMILES string of the molecule is FC(F)(F)c1ccccc1Nc1cc(NC2CCCCC2)ncn1. The van der Waals surface area contributed by atoms with Crippen LogP contribution in [0.5, 0.6) is 0 Å².